The summed E-state index contributed by atoms with van der Waals surface area (Å²) in [5.41, 5.74) is 2.48. The van der Waals surface area contributed by atoms with Crippen molar-refractivity contribution < 1.29 is 53.6 Å². The van der Waals surface area contributed by atoms with Crippen LogP contribution in [0.25, 0.3) is 0 Å². The Balaban J connectivity index is 2.15. The zero-order valence-corrected chi connectivity index (χ0v) is 33.6. The second-order valence-electron chi connectivity index (χ2n) is 17.1. The summed E-state index contributed by atoms with van der Waals surface area (Å²) >= 11 is 0. The Labute approximate surface area is 306 Å². The van der Waals surface area contributed by atoms with Crippen molar-refractivity contribution in [3.8, 4) is 0 Å². The number of nitrogens with zero attached hydrogens (tertiary/aromatic N) is 1. The van der Waals surface area contributed by atoms with E-state index < -0.39 is 89.9 Å². The van der Waals surface area contributed by atoms with E-state index in [1.165, 1.54) is 6.92 Å². The van der Waals surface area contributed by atoms with E-state index in [9.17, 15) is 25.2 Å². The third kappa shape index (κ3) is 10.2. The maximum absolute atomic E-state index is 14.2. The average Bonchev–Trinajstić information content (AvgIpc) is 3.05. The van der Waals surface area contributed by atoms with Gasteiger partial charge in [-0.3, -0.25) is 4.79 Å². The topological polar surface area (TPSA) is 183 Å². The Morgan fingerprint density at radius 2 is 1.59 bits per heavy atom. The molecule has 3 heterocycles. The van der Waals surface area contributed by atoms with Gasteiger partial charge in [-0.15, -0.1) is 0 Å². The monoisotopic (exact) mass is 733 g/mol. The maximum atomic E-state index is 14.2. The van der Waals surface area contributed by atoms with Crippen LogP contribution in [0, 0.1) is 23.7 Å². The molecule has 3 aliphatic rings. The number of hydrogen-bond donors (Lipinski definition) is 5. The molecule has 0 aliphatic carbocycles. The fourth-order valence-electron chi connectivity index (χ4n) is 8.71. The number of esters is 1. The molecule has 300 valence electrons. The van der Waals surface area contributed by atoms with E-state index in [1.807, 2.05) is 60.5 Å². The van der Waals surface area contributed by atoms with Gasteiger partial charge >= 0.3 is 5.97 Å². The number of nitrogens with two attached hydrogens (primary N) is 1. The van der Waals surface area contributed by atoms with Crippen LogP contribution in [0.3, 0.4) is 0 Å². The smallest absolute Gasteiger partial charge is 0.311 e. The van der Waals surface area contributed by atoms with Crippen LogP contribution >= 0.6 is 0 Å². The van der Waals surface area contributed by atoms with E-state index >= 15 is 0 Å². The minimum atomic E-state index is -1.72. The molecule has 13 heteroatoms. The number of aliphatic hydroxyl groups excluding tert-OH is 2. The summed E-state index contributed by atoms with van der Waals surface area (Å²) in [5.74, 6) is -2.66. The minimum absolute atomic E-state index is 0.0308. The van der Waals surface area contributed by atoms with Crippen LogP contribution in [0.2, 0.25) is 0 Å². The number of hydrogen-bond acceptors (Lipinski definition) is 13. The lowest BCUT2D eigenvalue weighted by atomic mass is 9.76. The summed E-state index contributed by atoms with van der Waals surface area (Å²) in [7, 11) is 5.39. The average molecular weight is 733 g/mol. The Morgan fingerprint density at radius 1 is 0.961 bits per heavy atom. The van der Waals surface area contributed by atoms with Crippen LogP contribution in [-0.2, 0) is 33.2 Å². The molecular formula is C38H72N2O11. The van der Waals surface area contributed by atoms with Gasteiger partial charge in [0.1, 0.15) is 17.8 Å². The van der Waals surface area contributed by atoms with Gasteiger partial charge in [-0.25, -0.2) is 0 Å². The molecule has 51 heavy (non-hydrogen) atoms. The van der Waals surface area contributed by atoms with Gasteiger partial charge in [0, 0.05) is 25.5 Å². The summed E-state index contributed by atoms with van der Waals surface area (Å²) in [6.07, 6.45) is -5.11. The third-order valence-corrected chi connectivity index (χ3v) is 12.3. The van der Waals surface area contributed by atoms with Crippen LogP contribution in [0.15, 0.2) is 0 Å². The van der Waals surface area contributed by atoms with E-state index in [0.717, 1.165) is 0 Å². The number of rotatable bonds is 7. The fraction of sp³-hybridized carbons (Fsp3) is 0.974. The van der Waals surface area contributed by atoms with Gasteiger partial charge in [-0.1, -0.05) is 34.1 Å². The molecule has 0 aromatic carbocycles. The Kier molecular flexibility index (Phi) is 15.4. The van der Waals surface area contributed by atoms with Gasteiger partial charge in [-0.2, -0.15) is 0 Å². The first-order valence-electron chi connectivity index (χ1n) is 19.1. The molecule has 11 unspecified atom stereocenters. The number of ether oxygens (including phenoxy) is 6. The summed E-state index contributed by atoms with van der Waals surface area (Å²) in [4.78, 5) is 16.1. The Bertz CT molecular complexity index is 1110. The summed E-state index contributed by atoms with van der Waals surface area (Å²) in [6.45, 7) is 18.1. The summed E-state index contributed by atoms with van der Waals surface area (Å²) in [6, 6.07) is -0.688. The molecule has 3 rings (SSSR count). The number of carbonyl (C=O) groups excluding carboxylic acids is 1. The molecule has 13 nitrogen and oxygen atoms in total. The molecule has 0 bridgehead atoms. The first kappa shape index (κ1) is 44.4. The van der Waals surface area contributed by atoms with Gasteiger partial charge in [0.25, 0.3) is 0 Å². The fourth-order valence-corrected chi connectivity index (χ4v) is 8.71. The van der Waals surface area contributed by atoms with E-state index in [-0.39, 0.29) is 36.8 Å². The molecule has 3 fully saturated rings. The number of methoxy groups -OCH3 is 1. The van der Waals surface area contributed by atoms with Crippen molar-refractivity contribution in [3.05, 3.63) is 0 Å². The molecule has 3 saturated heterocycles. The second-order valence-corrected chi connectivity index (χ2v) is 17.1. The number of likely N-dealkylation sites (N-methyl/N-ethyl adjacent to an activating group) is 1. The normalized spacial score (nSPS) is 49.9. The van der Waals surface area contributed by atoms with Crippen LogP contribution in [0.5, 0.6) is 0 Å². The largest absolute Gasteiger partial charge is 0.459 e. The highest BCUT2D eigenvalue weighted by atomic mass is 16.7. The van der Waals surface area contributed by atoms with Crippen molar-refractivity contribution >= 4 is 5.97 Å². The van der Waals surface area contributed by atoms with Gasteiger partial charge in [-0.05, 0) is 93.2 Å². The van der Waals surface area contributed by atoms with Crippen LogP contribution in [-0.4, -0.2) is 137 Å². The quantitative estimate of drug-likeness (QED) is 0.241. The lowest BCUT2D eigenvalue weighted by Gasteiger charge is -2.49. The van der Waals surface area contributed by atoms with E-state index in [4.69, 9.17) is 34.2 Å². The zero-order valence-electron chi connectivity index (χ0n) is 33.6. The Morgan fingerprint density at radius 3 is 2.16 bits per heavy atom. The lowest BCUT2D eigenvalue weighted by molar-refractivity contribution is -0.311. The van der Waals surface area contributed by atoms with Crippen molar-refractivity contribution in [2.24, 2.45) is 29.4 Å². The molecule has 0 aromatic heterocycles. The molecule has 0 saturated carbocycles. The maximum Gasteiger partial charge on any atom is 0.311 e. The standard InChI is InChI=1S/C38H72N2O11/c1-14-27-38(10,45)32(42)21(3)16-15-20(2)18-36(8,44)33(51-35-29(41)26(40(11)12)17-22(4)47-35)23(5)30(24(6)34(43)49-27)50-28-19-37(9,46-13)31(39)25(7)48-28/h20-33,35,41-42,44-45H,14-19,39H2,1-13H3/t20-,21-,22+,23-,24+,25-,26?,27+,28?,29?,30?,31?,32?,33?,35?,36?,37?,38?/m0/s1. The van der Waals surface area contributed by atoms with E-state index in [2.05, 4.69) is 0 Å². The summed E-state index contributed by atoms with van der Waals surface area (Å²) in [5, 5.41) is 47.0. The predicted octanol–water partition coefficient (Wildman–Crippen LogP) is 2.96. The molecule has 3 aliphatic heterocycles. The molecule has 18 atom stereocenters. The molecular weight excluding hydrogens is 660 g/mol. The highest BCUT2D eigenvalue weighted by molar-refractivity contribution is 5.73. The van der Waals surface area contributed by atoms with Crippen molar-refractivity contribution in [3.63, 3.8) is 0 Å². The van der Waals surface area contributed by atoms with Crippen LogP contribution in [0.4, 0.5) is 0 Å². The highest BCUT2D eigenvalue weighted by Gasteiger charge is 2.52. The predicted molar refractivity (Wildman–Crippen MR) is 192 cm³/mol. The number of aliphatic hydroxyl groups is 4. The Hall–Kier alpha value is -0.970. The molecule has 0 radical (unpaired) electrons. The number of carbonyl (C=O) groups is 1. The highest BCUT2D eigenvalue weighted by Crippen LogP contribution is 2.40. The zero-order chi connectivity index (χ0) is 38.8. The van der Waals surface area contributed by atoms with E-state index in [0.29, 0.717) is 25.7 Å². The SMILES string of the molecule is CC[C@H]1OC(=O)[C@H](C)C(OC2CC(C)(OC)C(N)[C@H](C)O2)[C@H](C)C(OC2O[C@H](C)CC(N(C)C)C2O)C(C)(O)C[C@@H](C)CC[C@H](C)C(O)C1(C)O. The number of cyclic esters (lactones) is 1. The first-order valence-corrected chi connectivity index (χ1v) is 19.1. The van der Waals surface area contributed by atoms with Gasteiger partial charge in [0.2, 0.25) is 0 Å². The van der Waals surface area contributed by atoms with Gasteiger partial charge in [0.15, 0.2) is 12.6 Å². The van der Waals surface area contributed by atoms with Crippen molar-refractivity contribution in [1.82, 2.24) is 4.90 Å². The van der Waals surface area contributed by atoms with Crippen LogP contribution < -0.4 is 5.73 Å². The van der Waals surface area contributed by atoms with Crippen molar-refractivity contribution in [2.75, 3.05) is 21.2 Å². The van der Waals surface area contributed by atoms with Crippen molar-refractivity contribution in [2.45, 2.75) is 192 Å². The first-order chi connectivity index (χ1) is 23.5. The molecule has 0 aromatic rings. The van der Waals surface area contributed by atoms with Gasteiger partial charge < -0.3 is 59.5 Å². The van der Waals surface area contributed by atoms with Crippen LogP contribution in [0.1, 0.15) is 108 Å². The van der Waals surface area contributed by atoms with Gasteiger partial charge in [0.05, 0.1) is 53.7 Å². The molecule has 0 spiro atoms. The molecule has 6 N–H and O–H groups in total. The molecule has 0 amide bonds. The lowest BCUT2D eigenvalue weighted by Crippen LogP contribution is -2.62. The second kappa shape index (κ2) is 17.7. The van der Waals surface area contributed by atoms with Crippen molar-refractivity contribution in [1.29, 1.82) is 0 Å². The van der Waals surface area contributed by atoms with E-state index in [1.54, 1.807) is 27.9 Å². The summed E-state index contributed by atoms with van der Waals surface area (Å²) < 4.78 is 37.8. The minimum Gasteiger partial charge on any atom is -0.459 e. The third-order valence-electron chi connectivity index (χ3n) is 12.3.